The Hall–Kier alpha value is -2.55. The molecule has 3 rings (SSSR count). The molecule has 8 nitrogen and oxygen atoms in total. The second-order valence-corrected chi connectivity index (χ2v) is 6.55. The van der Waals surface area contributed by atoms with Gasteiger partial charge in [0.05, 0.1) is 12.8 Å². The van der Waals surface area contributed by atoms with Gasteiger partial charge in [-0.15, -0.1) is 0 Å². The van der Waals surface area contributed by atoms with Crippen LogP contribution < -0.4 is 5.56 Å². The Morgan fingerprint density at radius 1 is 1.26 bits per heavy atom. The number of halogens is 1. The molecule has 1 aromatic carbocycles. The minimum Gasteiger partial charge on any atom is -0.393 e. The summed E-state index contributed by atoms with van der Waals surface area (Å²) in [6.07, 6.45) is 1.55. The zero-order valence-corrected chi connectivity index (χ0v) is 15.4. The van der Waals surface area contributed by atoms with Crippen molar-refractivity contribution in [3.63, 3.8) is 0 Å². The summed E-state index contributed by atoms with van der Waals surface area (Å²) in [5.41, 5.74) is 1.33. The molecule has 0 saturated carbocycles. The van der Waals surface area contributed by atoms with E-state index in [1.54, 1.807) is 6.92 Å². The molecule has 2 aromatic heterocycles. The fraction of sp³-hybridized carbons (Fsp3) is 0.333. The van der Waals surface area contributed by atoms with Gasteiger partial charge in [-0.25, -0.2) is 4.68 Å². The predicted molar refractivity (Wildman–Crippen MR) is 97.5 cm³/mol. The van der Waals surface area contributed by atoms with Crippen LogP contribution in [0.2, 0.25) is 5.02 Å². The van der Waals surface area contributed by atoms with E-state index in [2.05, 4.69) is 15.2 Å². The molecule has 1 unspecified atom stereocenters. The van der Waals surface area contributed by atoms with Gasteiger partial charge < -0.3 is 14.7 Å². The first-order valence-corrected chi connectivity index (χ1v) is 8.77. The van der Waals surface area contributed by atoms with E-state index in [4.69, 9.17) is 21.2 Å². The quantitative estimate of drug-likeness (QED) is 0.627. The van der Waals surface area contributed by atoms with Gasteiger partial charge in [-0.2, -0.15) is 10.1 Å². The summed E-state index contributed by atoms with van der Waals surface area (Å²) in [6, 6.07) is 7.54. The number of aryl methyl sites for hydroxylation is 2. The molecule has 0 aliphatic heterocycles. The minimum absolute atomic E-state index is 0.0309. The van der Waals surface area contributed by atoms with Gasteiger partial charge in [-0.1, -0.05) is 28.9 Å². The first kappa shape index (κ1) is 19.2. The number of rotatable bonds is 7. The molecule has 0 amide bonds. The molecule has 0 fully saturated rings. The number of hydrogen-bond donors (Lipinski definition) is 2. The smallest absolute Gasteiger partial charge is 0.270 e. The molecular weight excluding hydrogens is 372 g/mol. The fourth-order valence-electron chi connectivity index (χ4n) is 2.64. The van der Waals surface area contributed by atoms with E-state index in [1.165, 1.54) is 10.9 Å². The summed E-state index contributed by atoms with van der Waals surface area (Å²) in [5, 5.41) is 27.4. The van der Waals surface area contributed by atoms with Crippen LogP contribution in [-0.4, -0.2) is 36.7 Å². The van der Waals surface area contributed by atoms with Crippen LogP contribution in [0.15, 0.2) is 39.8 Å². The van der Waals surface area contributed by atoms with Crippen molar-refractivity contribution in [2.24, 2.45) is 0 Å². The maximum atomic E-state index is 12.4. The first-order valence-electron chi connectivity index (χ1n) is 8.39. The highest BCUT2D eigenvalue weighted by Crippen LogP contribution is 2.13. The van der Waals surface area contributed by atoms with Crippen LogP contribution in [-0.2, 0) is 19.4 Å². The summed E-state index contributed by atoms with van der Waals surface area (Å²) >= 11 is 5.87. The Bertz CT molecular complexity index is 968. The number of aliphatic hydroxyl groups excluding tert-OH is 2. The Balaban J connectivity index is 1.68. The highest BCUT2D eigenvalue weighted by Gasteiger charge is 2.16. The van der Waals surface area contributed by atoms with Gasteiger partial charge in [-0.3, -0.25) is 4.79 Å². The zero-order valence-electron chi connectivity index (χ0n) is 14.7. The van der Waals surface area contributed by atoms with Gasteiger partial charge in [0.25, 0.3) is 5.56 Å². The highest BCUT2D eigenvalue weighted by molar-refractivity contribution is 6.30. The lowest BCUT2D eigenvalue weighted by molar-refractivity contribution is 0.0944. The Labute approximate surface area is 160 Å². The Morgan fingerprint density at radius 2 is 2.00 bits per heavy atom. The highest BCUT2D eigenvalue weighted by atomic mass is 35.5. The van der Waals surface area contributed by atoms with Gasteiger partial charge in [0.1, 0.15) is 12.6 Å². The van der Waals surface area contributed by atoms with Crippen molar-refractivity contribution in [1.82, 2.24) is 19.9 Å². The summed E-state index contributed by atoms with van der Waals surface area (Å²) in [7, 11) is 0. The van der Waals surface area contributed by atoms with E-state index in [0.717, 1.165) is 12.0 Å². The lowest BCUT2D eigenvalue weighted by Crippen LogP contribution is -2.28. The molecule has 1 atom stereocenters. The van der Waals surface area contributed by atoms with E-state index in [1.807, 2.05) is 24.3 Å². The molecule has 0 saturated heterocycles. The third-order valence-corrected chi connectivity index (χ3v) is 4.45. The second-order valence-electron chi connectivity index (χ2n) is 6.12. The largest absolute Gasteiger partial charge is 0.393 e. The number of benzene rings is 1. The maximum absolute atomic E-state index is 12.4. The van der Waals surface area contributed by atoms with Gasteiger partial charge >= 0.3 is 0 Å². The van der Waals surface area contributed by atoms with Crippen LogP contribution >= 0.6 is 11.6 Å². The van der Waals surface area contributed by atoms with Gasteiger partial charge in [-0.05, 0) is 31.0 Å². The monoisotopic (exact) mass is 390 g/mol. The molecule has 27 heavy (non-hydrogen) atoms. The third kappa shape index (κ3) is 4.60. The number of aromatic nitrogens is 4. The summed E-state index contributed by atoms with van der Waals surface area (Å²) in [5.74, 6) is 0.808. The lowest BCUT2D eigenvalue weighted by atomic mass is 10.1. The molecule has 0 radical (unpaired) electrons. The van der Waals surface area contributed by atoms with E-state index < -0.39 is 12.7 Å². The van der Waals surface area contributed by atoms with Crippen molar-refractivity contribution in [3.05, 3.63) is 74.2 Å². The average molecular weight is 391 g/mol. The van der Waals surface area contributed by atoms with Gasteiger partial charge in [0.2, 0.25) is 5.89 Å². The number of aliphatic hydroxyl groups is 2. The molecule has 0 spiro atoms. The van der Waals surface area contributed by atoms with Crippen LogP contribution in [0.3, 0.4) is 0 Å². The second kappa shape index (κ2) is 8.43. The average Bonchev–Trinajstić information content (AvgIpc) is 3.12. The standard InChI is InChI=1S/C18H19ClN4O4/c1-11-14(15(25)10-24)8-20-23(18(11)26)9-17-21-16(22-27-17)7-4-12-2-5-13(19)6-3-12/h2-3,5-6,8,15,24-25H,4,7,9-10H2,1H3. The molecule has 9 heteroatoms. The lowest BCUT2D eigenvalue weighted by Gasteiger charge is -2.11. The van der Waals surface area contributed by atoms with E-state index >= 15 is 0 Å². The number of hydrogen-bond acceptors (Lipinski definition) is 7. The van der Waals surface area contributed by atoms with E-state index in [9.17, 15) is 9.90 Å². The Kier molecular flexibility index (Phi) is 6.00. The molecule has 0 bridgehead atoms. The van der Waals surface area contributed by atoms with Gasteiger partial charge in [0.15, 0.2) is 5.82 Å². The van der Waals surface area contributed by atoms with Crippen molar-refractivity contribution >= 4 is 11.6 Å². The molecule has 2 heterocycles. The minimum atomic E-state index is -1.14. The predicted octanol–water partition coefficient (Wildman–Crippen LogP) is 1.45. The first-order chi connectivity index (χ1) is 13.0. The molecule has 142 valence electrons. The van der Waals surface area contributed by atoms with Crippen LogP contribution in [0.5, 0.6) is 0 Å². The summed E-state index contributed by atoms with van der Waals surface area (Å²) in [4.78, 5) is 16.7. The molecule has 0 aliphatic carbocycles. The van der Waals surface area contributed by atoms with Crippen LogP contribution in [0.4, 0.5) is 0 Å². The van der Waals surface area contributed by atoms with E-state index in [0.29, 0.717) is 28.4 Å². The molecule has 3 aromatic rings. The molecule has 0 aliphatic rings. The van der Waals surface area contributed by atoms with Crippen LogP contribution in [0.25, 0.3) is 0 Å². The van der Waals surface area contributed by atoms with Crippen molar-refractivity contribution in [3.8, 4) is 0 Å². The van der Waals surface area contributed by atoms with Crippen molar-refractivity contribution in [1.29, 1.82) is 0 Å². The topological polar surface area (TPSA) is 114 Å². The maximum Gasteiger partial charge on any atom is 0.270 e. The van der Waals surface area contributed by atoms with Crippen molar-refractivity contribution in [2.45, 2.75) is 32.4 Å². The van der Waals surface area contributed by atoms with Gasteiger partial charge in [0, 0.05) is 22.6 Å². The van der Waals surface area contributed by atoms with E-state index in [-0.39, 0.29) is 18.0 Å². The summed E-state index contributed by atoms with van der Waals surface area (Å²) in [6.45, 7) is 1.12. The fourth-order valence-corrected chi connectivity index (χ4v) is 2.76. The molecule has 2 N–H and O–H groups in total. The van der Waals surface area contributed by atoms with Crippen LogP contribution in [0.1, 0.15) is 34.5 Å². The number of nitrogens with zero attached hydrogens (tertiary/aromatic N) is 4. The summed E-state index contributed by atoms with van der Waals surface area (Å²) < 4.78 is 6.38. The third-order valence-electron chi connectivity index (χ3n) is 4.20. The zero-order chi connectivity index (χ0) is 19.4. The molecular formula is C18H19ClN4O4. The SMILES string of the molecule is Cc1c(C(O)CO)cnn(Cc2nc(CCc3ccc(Cl)cc3)no2)c1=O. The van der Waals surface area contributed by atoms with Crippen LogP contribution in [0, 0.1) is 6.92 Å². The van der Waals surface area contributed by atoms with Crippen molar-refractivity contribution in [2.75, 3.05) is 6.61 Å². The van der Waals surface area contributed by atoms with Crippen molar-refractivity contribution < 1.29 is 14.7 Å². The Morgan fingerprint density at radius 3 is 2.70 bits per heavy atom. The normalized spacial score (nSPS) is 12.3.